The van der Waals surface area contributed by atoms with Gasteiger partial charge in [-0.1, -0.05) is 49.8 Å². The number of rotatable bonds is 2. The maximum Gasteiger partial charge on any atom is 0.194 e. The van der Waals surface area contributed by atoms with Gasteiger partial charge in [-0.25, -0.2) is 0 Å². The van der Waals surface area contributed by atoms with E-state index in [9.17, 15) is 9.90 Å². The van der Waals surface area contributed by atoms with Gasteiger partial charge in [-0.15, -0.1) is 0 Å². The molecule has 8 atom stereocenters. The van der Waals surface area contributed by atoms with Crippen LogP contribution in [0.15, 0.2) is 42.0 Å². The standard InChI is InChI=1S/C27H34O3/c1-25-14-15-27(24(30-27)23(29)17-6-4-3-5-7-17)16-18(25)8-9-19-20-10-11-22(28)26(20,2)13-12-21(19)25/h3-7,16,19-22,24,28H,8-15H2,1-2H3/t19-,20-,21-,22-,24?,25-,26-,27-/m0/s1. The summed E-state index contributed by atoms with van der Waals surface area (Å²) in [5.41, 5.74) is 2.36. The molecule has 4 fully saturated rings. The van der Waals surface area contributed by atoms with Gasteiger partial charge in [0, 0.05) is 5.56 Å². The molecule has 3 saturated carbocycles. The van der Waals surface area contributed by atoms with Crippen molar-refractivity contribution in [3.8, 4) is 0 Å². The first-order chi connectivity index (χ1) is 14.4. The molecule has 1 N–H and O–H groups in total. The zero-order valence-corrected chi connectivity index (χ0v) is 18.3. The van der Waals surface area contributed by atoms with Gasteiger partial charge in [0.2, 0.25) is 0 Å². The van der Waals surface area contributed by atoms with E-state index >= 15 is 0 Å². The third-order valence-electron chi connectivity index (χ3n) is 10.2. The highest BCUT2D eigenvalue weighted by Crippen LogP contribution is 2.67. The van der Waals surface area contributed by atoms with Crippen molar-refractivity contribution in [2.75, 3.05) is 0 Å². The average Bonchev–Trinajstić information content (AvgIpc) is 3.37. The van der Waals surface area contributed by atoms with E-state index < -0.39 is 0 Å². The fourth-order valence-corrected chi connectivity index (χ4v) is 8.22. The maximum atomic E-state index is 13.0. The number of hydrogen-bond acceptors (Lipinski definition) is 3. The van der Waals surface area contributed by atoms with Crippen LogP contribution in [0.1, 0.15) is 75.6 Å². The van der Waals surface area contributed by atoms with E-state index in [2.05, 4.69) is 19.9 Å². The second-order valence-electron chi connectivity index (χ2n) is 11.3. The molecule has 0 radical (unpaired) electrons. The third kappa shape index (κ3) is 2.48. The Morgan fingerprint density at radius 2 is 1.80 bits per heavy atom. The highest BCUT2D eigenvalue weighted by molar-refractivity contribution is 6.02. The minimum Gasteiger partial charge on any atom is -0.393 e. The number of aliphatic hydroxyl groups excluding tert-OH is 1. The van der Waals surface area contributed by atoms with Gasteiger partial charge in [-0.3, -0.25) is 4.79 Å². The van der Waals surface area contributed by atoms with Crippen LogP contribution < -0.4 is 0 Å². The number of benzene rings is 1. The van der Waals surface area contributed by atoms with E-state index in [-0.39, 0.29) is 34.4 Å². The number of fused-ring (bicyclic) bond motifs is 5. The topological polar surface area (TPSA) is 49.8 Å². The van der Waals surface area contributed by atoms with Crippen LogP contribution in [0, 0.1) is 28.6 Å². The molecule has 1 aliphatic heterocycles. The first kappa shape index (κ1) is 19.3. The van der Waals surface area contributed by atoms with E-state index in [0.29, 0.717) is 5.92 Å². The van der Waals surface area contributed by atoms with Crippen molar-refractivity contribution in [3.05, 3.63) is 47.5 Å². The maximum absolute atomic E-state index is 13.0. The lowest BCUT2D eigenvalue weighted by molar-refractivity contribution is -0.0750. The highest BCUT2D eigenvalue weighted by Gasteiger charge is 2.65. The van der Waals surface area contributed by atoms with E-state index in [1.165, 1.54) is 25.7 Å². The van der Waals surface area contributed by atoms with Gasteiger partial charge < -0.3 is 9.84 Å². The molecular weight excluding hydrogens is 372 g/mol. The third-order valence-corrected chi connectivity index (χ3v) is 10.2. The molecule has 4 aliphatic carbocycles. The fourth-order valence-electron chi connectivity index (χ4n) is 8.22. The van der Waals surface area contributed by atoms with Crippen LogP contribution in [0.3, 0.4) is 0 Å². The number of ether oxygens (including phenoxy) is 1. The monoisotopic (exact) mass is 406 g/mol. The number of carbonyl (C=O) groups is 1. The highest BCUT2D eigenvalue weighted by atomic mass is 16.6. The Kier molecular flexibility index (Phi) is 4.04. The number of ketones is 1. The molecule has 30 heavy (non-hydrogen) atoms. The summed E-state index contributed by atoms with van der Waals surface area (Å²) in [4.78, 5) is 13.0. The number of Topliss-reactive ketones (excluding diaryl/α,β-unsaturated/α-hetero) is 1. The Hall–Kier alpha value is -1.45. The lowest BCUT2D eigenvalue weighted by Gasteiger charge is -2.58. The van der Waals surface area contributed by atoms with Crippen molar-refractivity contribution in [2.45, 2.75) is 83.0 Å². The summed E-state index contributed by atoms with van der Waals surface area (Å²) < 4.78 is 6.13. The number of carbonyl (C=O) groups excluding carboxylic acids is 1. The number of hydrogen-bond donors (Lipinski definition) is 1. The van der Waals surface area contributed by atoms with E-state index in [1.807, 2.05) is 30.3 Å². The molecule has 1 spiro atoms. The van der Waals surface area contributed by atoms with Gasteiger partial charge in [0.05, 0.1) is 6.10 Å². The minimum absolute atomic E-state index is 0.104. The summed E-state index contributed by atoms with van der Waals surface area (Å²) in [5.74, 6) is 2.29. The van der Waals surface area contributed by atoms with Crippen molar-refractivity contribution >= 4 is 5.78 Å². The fraction of sp³-hybridized carbons (Fsp3) is 0.667. The molecule has 3 nitrogen and oxygen atoms in total. The lowest BCUT2D eigenvalue weighted by atomic mass is 9.47. The molecule has 0 bridgehead atoms. The van der Waals surface area contributed by atoms with Gasteiger partial charge in [0.25, 0.3) is 0 Å². The SMILES string of the molecule is C[C@]12CC[C@H]3[C@@H](CCC4=C[C@]5(CC[C@@]43C)OC5C(=O)c3ccccc3)[C@@H]1CC[C@@H]2O. The van der Waals surface area contributed by atoms with Gasteiger partial charge >= 0.3 is 0 Å². The average molecular weight is 407 g/mol. The van der Waals surface area contributed by atoms with Gasteiger partial charge in [0.15, 0.2) is 11.9 Å². The van der Waals surface area contributed by atoms with Crippen LogP contribution in [0.5, 0.6) is 0 Å². The van der Waals surface area contributed by atoms with Crippen LogP contribution in [0.4, 0.5) is 0 Å². The van der Waals surface area contributed by atoms with Crippen molar-refractivity contribution in [1.29, 1.82) is 0 Å². The number of allylic oxidation sites excluding steroid dienone is 1. The Morgan fingerprint density at radius 3 is 2.60 bits per heavy atom. The smallest absolute Gasteiger partial charge is 0.194 e. The number of aliphatic hydroxyl groups is 1. The Labute approximate surface area is 179 Å². The van der Waals surface area contributed by atoms with Crippen LogP contribution in [0.25, 0.3) is 0 Å². The Bertz CT molecular complexity index is 906. The molecule has 3 heteroatoms. The van der Waals surface area contributed by atoms with E-state index in [0.717, 1.165) is 43.1 Å². The Morgan fingerprint density at radius 1 is 1.00 bits per heavy atom. The normalized spacial score (nSPS) is 49.0. The molecule has 1 heterocycles. The van der Waals surface area contributed by atoms with Crippen molar-refractivity contribution in [2.24, 2.45) is 28.6 Å². The minimum atomic E-state index is -0.346. The molecular formula is C27H34O3. The first-order valence-electron chi connectivity index (χ1n) is 12.0. The molecule has 5 aliphatic rings. The predicted octanol–water partition coefficient (Wildman–Crippen LogP) is 5.33. The Balaban J connectivity index is 1.26. The summed E-state index contributed by atoms with van der Waals surface area (Å²) in [7, 11) is 0. The molecule has 1 aromatic rings. The van der Waals surface area contributed by atoms with Crippen molar-refractivity contribution in [3.63, 3.8) is 0 Å². The largest absolute Gasteiger partial charge is 0.393 e. The summed E-state index contributed by atoms with van der Waals surface area (Å²) >= 11 is 0. The molecule has 160 valence electrons. The lowest BCUT2D eigenvalue weighted by Crippen LogP contribution is -2.51. The van der Waals surface area contributed by atoms with Gasteiger partial charge in [-0.2, -0.15) is 0 Å². The van der Waals surface area contributed by atoms with Crippen LogP contribution in [0.2, 0.25) is 0 Å². The summed E-state index contributed by atoms with van der Waals surface area (Å²) in [5, 5.41) is 10.7. The zero-order valence-electron chi connectivity index (χ0n) is 18.3. The van der Waals surface area contributed by atoms with E-state index in [4.69, 9.17) is 4.74 Å². The van der Waals surface area contributed by atoms with E-state index in [1.54, 1.807) is 5.57 Å². The summed E-state index contributed by atoms with van der Waals surface area (Å²) in [6.45, 7) is 4.85. The molecule has 1 saturated heterocycles. The predicted molar refractivity (Wildman–Crippen MR) is 116 cm³/mol. The first-order valence-corrected chi connectivity index (χ1v) is 12.0. The van der Waals surface area contributed by atoms with Crippen LogP contribution in [-0.4, -0.2) is 28.7 Å². The van der Waals surface area contributed by atoms with Gasteiger partial charge in [0.1, 0.15) is 5.60 Å². The summed E-state index contributed by atoms with van der Waals surface area (Å²) in [6.07, 6.45) is 11.1. The quantitative estimate of drug-likeness (QED) is 0.410. The van der Waals surface area contributed by atoms with Crippen molar-refractivity contribution in [1.82, 2.24) is 0 Å². The zero-order chi connectivity index (χ0) is 20.7. The molecule has 0 amide bonds. The summed E-state index contributed by atoms with van der Waals surface area (Å²) in [6, 6.07) is 9.61. The van der Waals surface area contributed by atoms with Crippen molar-refractivity contribution < 1.29 is 14.6 Å². The van der Waals surface area contributed by atoms with Crippen LogP contribution >= 0.6 is 0 Å². The molecule has 1 unspecified atom stereocenters. The molecule has 6 rings (SSSR count). The van der Waals surface area contributed by atoms with Crippen LogP contribution in [-0.2, 0) is 4.74 Å². The number of epoxide rings is 1. The molecule has 0 aromatic heterocycles. The second kappa shape index (κ2) is 6.29. The second-order valence-corrected chi connectivity index (χ2v) is 11.3. The van der Waals surface area contributed by atoms with Gasteiger partial charge in [-0.05, 0) is 86.0 Å². The molecule has 1 aromatic carbocycles.